The zero-order valence-electron chi connectivity index (χ0n) is 16.1. The summed E-state index contributed by atoms with van der Waals surface area (Å²) in [4.78, 5) is 17.6. The van der Waals surface area contributed by atoms with E-state index in [1.165, 1.54) is 5.56 Å². The summed E-state index contributed by atoms with van der Waals surface area (Å²) in [6.45, 7) is 6.29. The van der Waals surface area contributed by atoms with E-state index in [2.05, 4.69) is 55.2 Å². The molecular formula is C20H24Cl2N6S. The predicted molar refractivity (Wildman–Crippen MR) is 126 cm³/mol. The highest BCUT2D eigenvalue weighted by molar-refractivity contribution is 7.80. The molecule has 0 unspecified atom stereocenters. The van der Waals surface area contributed by atoms with Crippen molar-refractivity contribution in [2.24, 2.45) is 0 Å². The lowest BCUT2D eigenvalue weighted by atomic mass is 10.1. The molecule has 2 aromatic heterocycles. The van der Waals surface area contributed by atoms with Crippen molar-refractivity contribution in [2.75, 3.05) is 31.1 Å². The first-order valence-corrected chi connectivity index (χ1v) is 9.49. The minimum Gasteiger partial charge on any atom is -0.358 e. The molecule has 1 N–H and O–H groups in total. The molecule has 3 heterocycles. The van der Waals surface area contributed by atoms with E-state index in [1.54, 1.807) is 12.5 Å². The quantitative estimate of drug-likeness (QED) is 0.613. The van der Waals surface area contributed by atoms with Gasteiger partial charge in [-0.05, 0) is 48.5 Å². The Morgan fingerprint density at radius 2 is 1.90 bits per heavy atom. The zero-order valence-corrected chi connectivity index (χ0v) is 18.6. The van der Waals surface area contributed by atoms with Gasteiger partial charge in [0.15, 0.2) is 5.11 Å². The summed E-state index contributed by atoms with van der Waals surface area (Å²) in [6.07, 6.45) is 5.29. The summed E-state index contributed by atoms with van der Waals surface area (Å²) in [5, 5.41) is 5.23. The van der Waals surface area contributed by atoms with Crippen molar-refractivity contribution in [1.82, 2.24) is 25.2 Å². The normalized spacial score (nSPS) is 13.4. The highest BCUT2D eigenvalue weighted by atomic mass is 35.5. The number of hydrogen-bond donors (Lipinski definition) is 1. The molecule has 0 amide bonds. The number of halogens is 2. The van der Waals surface area contributed by atoms with Gasteiger partial charge in [0.1, 0.15) is 12.1 Å². The topological polar surface area (TPSA) is 57.2 Å². The molecule has 0 bridgehead atoms. The average molecular weight is 451 g/mol. The van der Waals surface area contributed by atoms with Gasteiger partial charge in [-0.2, -0.15) is 0 Å². The van der Waals surface area contributed by atoms with Crippen molar-refractivity contribution < 1.29 is 0 Å². The van der Waals surface area contributed by atoms with E-state index < -0.39 is 0 Å². The molecule has 154 valence electrons. The number of piperazine rings is 1. The van der Waals surface area contributed by atoms with E-state index in [0.29, 0.717) is 6.54 Å². The van der Waals surface area contributed by atoms with Crippen LogP contribution in [0.15, 0.2) is 49.1 Å². The number of thiocarbonyl (C=S) groups is 1. The number of hydrogen-bond acceptors (Lipinski definition) is 5. The van der Waals surface area contributed by atoms with Crippen LogP contribution in [-0.4, -0.2) is 51.1 Å². The lowest BCUT2D eigenvalue weighted by molar-refractivity contribution is 0.379. The Hall–Kier alpha value is -2.22. The molecule has 0 radical (unpaired) electrons. The second kappa shape index (κ2) is 10.5. The number of aryl methyl sites for hydroxylation is 1. The summed E-state index contributed by atoms with van der Waals surface area (Å²) in [5.74, 6) is 1.01. The first-order chi connectivity index (χ1) is 13.2. The lowest BCUT2D eigenvalue weighted by Crippen LogP contribution is -2.51. The van der Waals surface area contributed by atoms with Crippen LogP contribution in [0, 0.1) is 6.92 Å². The molecule has 0 spiro atoms. The molecule has 1 saturated heterocycles. The molecule has 6 nitrogen and oxygen atoms in total. The highest BCUT2D eigenvalue weighted by Gasteiger charge is 2.21. The van der Waals surface area contributed by atoms with Crippen molar-refractivity contribution in [3.63, 3.8) is 0 Å². The Morgan fingerprint density at radius 3 is 2.62 bits per heavy atom. The summed E-state index contributed by atoms with van der Waals surface area (Å²) < 4.78 is 0. The molecule has 1 aliphatic heterocycles. The monoisotopic (exact) mass is 450 g/mol. The molecule has 0 atom stereocenters. The molecule has 1 aliphatic rings. The number of nitrogens with one attached hydrogen (secondary N) is 1. The molecular weight excluding hydrogens is 427 g/mol. The lowest BCUT2D eigenvalue weighted by Gasteiger charge is -2.37. The van der Waals surface area contributed by atoms with Crippen LogP contribution in [0.3, 0.4) is 0 Å². The molecule has 1 aromatic carbocycles. The largest absolute Gasteiger partial charge is 0.358 e. The molecule has 0 aliphatic carbocycles. The van der Waals surface area contributed by atoms with Gasteiger partial charge in [-0.1, -0.05) is 12.1 Å². The van der Waals surface area contributed by atoms with E-state index in [4.69, 9.17) is 12.2 Å². The predicted octanol–water partition coefficient (Wildman–Crippen LogP) is 3.37. The SMILES string of the molecule is Cc1ccc2c(N3CCN(C(=S)NCc4cccnc4)CC3)ncnc2c1.Cl.Cl. The maximum atomic E-state index is 5.57. The maximum absolute atomic E-state index is 5.57. The Balaban J connectivity index is 0.00000150. The van der Waals surface area contributed by atoms with Gasteiger partial charge in [0.2, 0.25) is 0 Å². The molecule has 29 heavy (non-hydrogen) atoms. The minimum absolute atomic E-state index is 0. The third-order valence-corrected chi connectivity index (χ3v) is 5.21. The maximum Gasteiger partial charge on any atom is 0.169 e. The first kappa shape index (κ1) is 23.1. The number of rotatable bonds is 3. The van der Waals surface area contributed by atoms with Gasteiger partial charge in [0.05, 0.1) is 5.52 Å². The fourth-order valence-electron chi connectivity index (χ4n) is 3.32. The van der Waals surface area contributed by atoms with E-state index in [-0.39, 0.29) is 24.8 Å². The Kier molecular flexibility index (Phi) is 8.37. The number of fused-ring (bicyclic) bond motifs is 1. The van der Waals surface area contributed by atoms with E-state index >= 15 is 0 Å². The van der Waals surface area contributed by atoms with E-state index in [1.807, 2.05) is 18.3 Å². The fourth-order valence-corrected chi connectivity index (χ4v) is 3.57. The third kappa shape index (κ3) is 5.44. The number of anilines is 1. The van der Waals surface area contributed by atoms with Crippen LogP contribution in [-0.2, 0) is 6.54 Å². The second-order valence-corrected chi connectivity index (χ2v) is 7.10. The van der Waals surface area contributed by atoms with Gasteiger partial charge < -0.3 is 15.1 Å². The van der Waals surface area contributed by atoms with E-state index in [0.717, 1.165) is 53.6 Å². The van der Waals surface area contributed by atoms with Crippen LogP contribution < -0.4 is 10.2 Å². The van der Waals surface area contributed by atoms with Crippen molar-refractivity contribution in [3.8, 4) is 0 Å². The summed E-state index contributed by atoms with van der Waals surface area (Å²) >= 11 is 5.57. The minimum atomic E-state index is 0. The zero-order chi connectivity index (χ0) is 18.6. The summed E-state index contributed by atoms with van der Waals surface area (Å²) in [5.41, 5.74) is 3.33. The van der Waals surface area contributed by atoms with Gasteiger partial charge >= 0.3 is 0 Å². The smallest absolute Gasteiger partial charge is 0.169 e. The average Bonchev–Trinajstić information content (AvgIpc) is 2.72. The van der Waals surface area contributed by atoms with Gasteiger partial charge in [0.25, 0.3) is 0 Å². The van der Waals surface area contributed by atoms with Crippen LogP contribution in [0.4, 0.5) is 5.82 Å². The molecule has 0 saturated carbocycles. The van der Waals surface area contributed by atoms with Crippen LogP contribution in [0.25, 0.3) is 10.9 Å². The standard InChI is InChI=1S/C20H22N6S.2ClH/c1-15-4-5-17-18(11-15)23-14-24-19(17)25-7-9-26(10-8-25)20(27)22-13-16-3-2-6-21-12-16;;/h2-6,11-12,14H,7-10,13H2,1H3,(H,22,27);2*1H. The number of pyridine rings is 1. The van der Waals surface area contributed by atoms with Gasteiger partial charge in [-0.25, -0.2) is 9.97 Å². The molecule has 9 heteroatoms. The van der Waals surface area contributed by atoms with Crippen LogP contribution in [0.5, 0.6) is 0 Å². The molecule has 1 fully saturated rings. The fraction of sp³-hybridized carbons (Fsp3) is 0.300. The van der Waals surface area contributed by atoms with Crippen molar-refractivity contribution in [1.29, 1.82) is 0 Å². The van der Waals surface area contributed by atoms with Crippen LogP contribution >= 0.6 is 37.0 Å². The Morgan fingerprint density at radius 1 is 1.10 bits per heavy atom. The van der Waals surface area contributed by atoms with E-state index in [9.17, 15) is 0 Å². The van der Waals surface area contributed by atoms with Crippen LogP contribution in [0.1, 0.15) is 11.1 Å². The summed E-state index contributed by atoms with van der Waals surface area (Å²) in [7, 11) is 0. The number of aromatic nitrogens is 3. The van der Waals surface area contributed by atoms with Crippen molar-refractivity contribution >= 4 is 58.9 Å². The molecule has 3 aromatic rings. The summed E-state index contributed by atoms with van der Waals surface area (Å²) in [6, 6.07) is 10.3. The number of nitrogens with zero attached hydrogens (tertiary/aromatic N) is 5. The third-order valence-electron chi connectivity index (χ3n) is 4.80. The van der Waals surface area contributed by atoms with Gasteiger partial charge in [-0.15, -0.1) is 24.8 Å². The highest BCUT2D eigenvalue weighted by Crippen LogP contribution is 2.24. The Bertz CT molecular complexity index is 948. The number of benzene rings is 1. The van der Waals surface area contributed by atoms with Gasteiger partial charge in [-0.3, -0.25) is 4.98 Å². The van der Waals surface area contributed by atoms with Crippen molar-refractivity contribution in [3.05, 3.63) is 60.2 Å². The molecule has 4 rings (SSSR count). The Labute approximate surface area is 188 Å². The first-order valence-electron chi connectivity index (χ1n) is 9.09. The second-order valence-electron chi connectivity index (χ2n) is 6.71. The van der Waals surface area contributed by atoms with Gasteiger partial charge in [0, 0.05) is 50.5 Å². The van der Waals surface area contributed by atoms with Crippen LogP contribution in [0.2, 0.25) is 0 Å². The van der Waals surface area contributed by atoms with Crippen molar-refractivity contribution in [2.45, 2.75) is 13.5 Å².